The van der Waals surface area contributed by atoms with Gasteiger partial charge in [0.05, 0.1) is 40.2 Å². The van der Waals surface area contributed by atoms with E-state index in [2.05, 4.69) is 11.0 Å². The maximum Gasteiger partial charge on any atom is 0.227 e. The van der Waals surface area contributed by atoms with Gasteiger partial charge in [0.15, 0.2) is 5.82 Å². The van der Waals surface area contributed by atoms with Gasteiger partial charge in [-0.25, -0.2) is 4.98 Å². The Labute approximate surface area is 312 Å². The Bertz CT molecular complexity index is 1820. The van der Waals surface area contributed by atoms with Gasteiger partial charge in [-0.3, -0.25) is 9.59 Å². The third-order valence-corrected chi connectivity index (χ3v) is 11.2. The van der Waals surface area contributed by atoms with E-state index < -0.39 is 0 Å². The first-order valence-electron chi connectivity index (χ1n) is 18.4. The van der Waals surface area contributed by atoms with Gasteiger partial charge >= 0.3 is 0 Å². The van der Waals surface area contributed by atoms with Crippen LogP contribution in [0.4, 0.5) is 0 Å². The van der Waals surface area contributed by atoms with Gasteiger partial charge in [-0.15, -0.1) is 0 Å². The highest BCUT2D eigenvalue weighted by molar-refractivity contribution is 6.42. The summed E-state index contributed by atoms with van der Waals surface area (Å²) in [5, 5.41) is 1.06. The third-order valence-electron chi connectivity index (χ3n) is 10.5. The number of amides is 1. The Morgan fingerprint density at radius 3 is 2.53 bits per heavy atom. The van der Waals surface area contributed by atoms with Crippen LogP contribution in [-0.4, -0.2) is 83.1 Å². The fourth-order valence-electron chi connectivity index (χ4n) is 7.81. The minimum Gasteiger partial charge on any atom is -0.491 e. The number of fused-ring (bicyclic) bond motifs is 1. The number of halogens is 2. The number of imidazole rings is 1. The van der Waals surface area contributed by atoms with E-state index in [1.165, 1.54) is 0 Å². The van der Waals surface area contributed by atoms with Gasteiger partial charge in [-0.05, 0) is 120 Å². The lowest BCUT2D eigenvalue weighted by Gasteiger charge is -2.45. The molecule has 0 saturated carbocycles. The summed E-state index contributed by atoms with van der Waals surface area (Å²) in [7, 11) is 0. The maximum absolute atomic E-state index is 13.9. The molecule has 0 radical (unpaired) electrons. The summed E-state index contributed by atoms with van der Waals surface area (Å²) in [4.78, 5) is 37.0. The third kappa shape index (κ3) is 8.97. The number of nitrogens with zero attached hydrogens (tertiary/aromatic N) is 4. The van der Waals surface area contributed by atoms with Crippen molar-refractivity contribution in [2.45, 2.75) is 77.4 Å². The van der Waals surface area contributed by atoms with Gasteiger partial charge in [0.1, 0.15) is 5.75 Å². The molecule has 51 heavy (non-hydrogen) atoms. The van der Waals surface area contributed by atoms with Gasteiger partial charge in [-0.2, -0.15) is 0 Å². The van der Waals surface area contributed by atoms with E-state index in [0.717, 1.165) is 86.2 Å². The topological polar surface area (TPSA) is 76.9 Å². The van der Waals surface area contributed by atoms with Crippen molar-refractivity contribution in [1.29, 1.82) is 0 Å². The first-order chi connectivity index (χ1) is 24.7. The quantitative estimate of drug-likeness (QED) is 0.0960. The van der Waals surface area contributed by atoms with Crippen LogP contribution < -0.4 is 4.74 Å². The van der Waals surface area contributed by atoms with Gasteiger partial charge in [0.25, 0.3) is 0 Å². The predicted molar refractivity (Wildman–Crippen MR) is 204 cm³/mol. The molecule has 0 N–H and O–H groups in total. The number of ketones is 1. The Balaban J connectivity index is 1.13. The highest BCUT2D eigenvalue weighted by atomic mass is 35.5. The van der Waals surface area contributed by atoms with Crippen LogP contribution in [0.3, 0.4) is 0 Å². The Kier molecular flexibility index (Phi) is 12.4. The van der Waals surface area contributed by atoms with Crippen molar-refractivity contribution in [2.75, 3.05) is 45.9 Å². The molecule has 1 unspecified atom stereocenters. The fraction of sp³-hybridized carbons (Fsp3) is 0.488. The van der Waals surface area contributed by atoms with E-state index in [4.69, 9.17) is 37.7 Å². The molecule has 8 nitrogen and oxygen atoms in total. The van der Waals surface area contributed by atoms with Crippen molar-refractivity contribution in [3.63, 3.8) is 0 Å². The van der Waals surface area contributed by atoms with E-state index >= 15 is 0 Å². The minimum absolute atomic E-state index is 0.0666. The number of Topliss-reactive ketones (excluding diaryl/α,β-unsaturated/α-hetero) is 1. The average molecular weight is 734 g/mol. The number of benzene rings is 3. The molecule has 2 aliphatic rings. The van der Waals surface area contributed by atoms with Crippen molar-refractivity contribution in [2.24, 2.45) is 5.92 Å². The van der Waals surface area contributed by atoms with E-state index in [9.17, 15) is 9.59 Å². The molecule has 1 amide bonds. The molecule has 10 heteroatoms. The van der Waals surface area contributed by atoms with E-state index in [1.807, 2.05) is 90.9 Å². The standard InChI is InChI=1S/C41H50Cl2N4O4/c1-4-50-24-23-47-37-12-6-5-11-36(37)44-40(47)39(49)31-15-20-45(21-16-31)22-18-41(32-13-14-34(42)35(43)27-32)17-8-19-46(28-41)38(48)26-30-9-7-10-33(25-30)51-29(2)3/h5-7,9-14,25,27,29,31H,4,8,15-24,26,28H2,1-3H3. The Morgan fingerprint density at radius 1 is 0.961 bits per heavy atom. The summed E-state index contributed by atoms with van der Waals surface area (Å²) >= 11 is 13.0. The number of likely N-dealkylation sites (tertiary alicyclic amines) is 2. The van der Waals surface area contributed by atoms with Crippen LogP contribution in [0.2, 0.25) is 10.0 Å². The molecular weight excluding hydrogens is 683 g/mol. The molecule has 0 spiro atoms. The van der Waals surface area contributed by atoms with Crippen molar-refractivity contribution in [3.05, 3.63) is 93.7 Å². The number of hydrogen-bond acceptors (Lipinski definition) is 6. The number of carbonyl (C=O) groups excluding carboxylic acids is 2. The molecule has 0 bridgehead atoms. The van der Waals surface area contributed by atoms with E-state index in [0.29, 0.717) is 48.6 Å². The van der Waals surface area contributed by atoms with Crippen LogP contribution in [0.15, 0.2) is 66.7 Å². The number of piperidine rings is 2. The normalized spacial score (nSPS) is 18.8. The summed E-state index contributed by atoms with van der Waals surface area (Å²) in [5.74, 6) is 1.49. The molecule has 3 aromatic carbocycles. The summed E-state index contributed by atoms with van der Waals surface area (Å²) in [6.07, 6.45) is 4.71. The second-order valence-corrected chi connectivity index (χ2v) is 15.1. The van der Waals surface area contributed by atoms with Crippen LogP contribution >= 0.6 is 23.2 Å². The number of carbonyl (C=O) groups is 2. The molecule has 4 aromatic rings. The summed E-state index contributed by atoms with van der Waals surface area (Å²) in [6, 6.07) is 21.7. The lowest BCUT2D eigenvalue weighted by Crippen LogP contribution is -2.50. The SMILES string of the molecule is CCOCCn1c(C(=O)C2CCN(CCC3(c4ccc(Cl)c(Cl)c4)CCCN(C(=O)Cc4cccc(OC(C)C)c4)C3)CC2)nc2ccccc21. The molecular formula is C41H50Cl2N4O4. The predicted octanol–water partition coefficient (Wildman–Crippen LogP) is 8.25. The molecule has 272 valence electrons. The number of rotatable bonds is 14. The lowest BCUT2D eigenvalue weighted by molar-refractivity contribution is -0.132. The summed E-state index contributed by atoms with van der Waals surface area (Å²) in [5.41, 5.74) is 3.63. The molecule has 2 fully saturated rings. The van der Waals surface area contributed by atoms with Gasteiger partial charge in [0, 0.05) is 37.6 Å². The van der Waals surface area contributed by atoms with Crippen molar-refractivity contribution in [1.82, 2.24) is 19.4 Å². The molecule has 2 aliphatic heterocycles. The molecule has 0 aliphatic carbocycles. The summed E-state index contributed by atoms with van der Waals surface area (Å²) in [6.45, 7) is 11.7. The molecule has 6 rings (SSSR count). The highest BCUT2D eigenvalue weighted by Gasteiger charge is 2.40. The minimum atomic E-state index is -0.261. The summed E-state index contributed by atoms with van der Waals surface area (Å²) < 4.78 is 13.5. The molecule has 1 atom stereocenters. The molecule has 3 heterocycles. The van der Waals surface area contributed by atoms with Crippen LogP contribution in [-0.2, 0) is 27.9 Å². The zero-order chi connectivity index (χ0) is 36.0. The smallest absolute Gasteiger partial charge is 0.227 e. The largest absolute Gasteiger partial charge is 0.491 e. The zero-order valence-corrected chi connectivity index (χ0v) is 31.6. The van der Waals surface area contributed by atoms with Gasteiger partial charge < -0.3 is 23.8 Å². The Morgan fingerprint density at radius 2 is 1.76 bits per heavy atom. The number of hydrogen-bond donors (Lipinski definition) is 0. The van der Waals surface area contributed by atoms with E-state index in [1.54, 1.807) is 0 Å². The zero-order valence-electron chi connectivity index (χ0n) is 30.1. The monoisotopic (exact) mass is 732 g/mol. The average Bonchev–Trinajstić information content (AvgIpc) is 3.50. The fourth-order valence-corrected chi connectivity index (χ4v) is 8.10. The Hall–Kier alpha value is -3.43. The van der Waals surface area contributed by atoms with Crippen molar-refractivity contribution >= 4 is 45.9 Å². The van der Waals surface area contributed by atoms with Crippen LogP contribution in [0.1, 0.15) is 74.6 Å². The second-order valence-electron chi connectivity index (χ2n) is 14.3. The number of aromatic nitrogens is 2. The van der Waals surface area contributed by atoms with Crippen LogP contribution in [0, 0.1) is 5.92 Å². The highest BCUT2D eigenvalue weighted by Crippen LogP contribution is 2.40. The van der Waals surface area contributed by atoms with Gasteiger partial charge in [0.2, 0.25) is 11.7 Å². The van der Waals surface area contributed by atoms with Crippen LogP contribution in [0.5, 0.6) is 5.75 Å². The van der Waals surface area contributed by atoms with Gasteiger partial charge in [-0.1, -0.05) is 53.5 Å². The lowest BCUT2D eigenvalue weighted by atomic mass is 9.71. The first-order valence-corrected chi connectivity index (χ1v) is 19.2. The first kappa shape index (κ1) is 37.3. The molecule has 2 saturated heterocycles. The van der Waals surface area contributed by atoms with Crippen LogP contribution in [0.25, 0.3) is 11.0 Å². The number of ether oxygens (including phenoxy) is 2. The van der Waals surface area contributed by atoms with Crippen molar-refractivity contribution in [3.8, 4) is 5.75 Å². The maximum atomic E-state index is 13.9. The van der Waals surface area contributed by atoms with E-state index in [-0.39, 0.29) is 29.1 Å². The second kappa shape index (κ2) is 16.9. The molecule has 1 aromatic heterocycles. The number of para-hydroxylation sites is 2. The van der Waals surface area contributed by atoms with Crippen molar-refractivity contribution < 1.29 is 19.1 Å².